The van der Waals surface area contributed by atoms with E-state index in [4.69, 9.17) is 10.5 Å². The van der Waals surface area contributed by atoms with Crippen molar-refractivity contribution in [1.29, 1.82) is 0 Å². The molecule has 10 heteroatoms. The zero-order valence-electron chi connectivity index (χ0n) is 20.0. The quantitative estimate of drug-likeness (QED) is 0.384. The van der Waals surface area contributed by atoms with Gasteiger partial charge in [-0.05, 0) is 37.3 Å². The van der Waals surface area contributed by atoms with E-state index in [2.05, 4.69) is 19.2 Å². The molecule has 0 radical (unpaired) electrons. The van der Waals surface area contributed by atoms with E-state index in [-0.39, 0.29) is 31.8 Å². The number of nitrogens with one attached hydrogen (secondary N) is 1. The summed E-state index contributed by atoms with van der Waals surface area (Å²) in [5.74, 6) is -1.07. The van der Waals surface area contributed by atoms with Crippen molar-refractivity contribution in [2.45, 2.75) is 78.7 Å². The number of hydrogen-bond acceptors (Lipinski definition) is 5. The molecule has 2 amide bonds. The molecule has 10 nitrogen and oxygen atoms in total. The van der Waals surface area contributed by atoms with Crippen molar-refractivity contribution in [2.24, 2.45) is 5.73 Å². The molecule has 0 saturated carbocycles. The Bertz CT molecular complexity index is 1070. The Morgan fingerprint density at radius 1 is 0.970 bits per heavy atom. The molecule has 0 spiro atoms. The van der Waals surface area contributed by atoms with Crippen molar-refractivity contribution in [1.82, 2.24) is 18.9 Å². The van der Waals surface area contributed by atoms with Gasteiger partial charge in [-0.1, -0.05) is 40.0 Å². The maximum Gasteiger partial charge on any atom is 0.352 e. The van der Waals surface area contributed by atoms with Crippen LogP contribution in [0.15, 0.2) is 15.7 Å². The molecule has 2 aromatic rings. The Morgan fingerprint density at radius 2 is 1.67 bits per heavy atom. The van der Waals surface area contributed by atoms with Gasteiger partial charge < -0.3 is 15.8 Å². The largest absolute Gasteiger partial charge is 0.380 e. The number of rotatable bonds is 15. The maximum atomic E-state index is 13.3. The summed E-state index contributed by atoms with van der Waals surface area (Å²) < 4.78 is 9.17. The number of carbonyl (C=O) groups is 2. The van der Waals surface area contributed by atoms with Gasteiger partial charge in [0.1, 0.15) is 5.69 Å². The van der Waals surface area contributed by atoms with Crippen LogP contribution >= 0.6 is 0 Å². The third-order valence-electron chi connectivity index (χ3n) is 5.47. The zero-order chi connectivity index (χ0) is 24.4. The van der Waals surface area contributed by atoms with Crippen LogP contribution in [0.5, 0.6) is 0 Å². The molecule has 0 aromatic carbocycles. The highest BCUT2D eigenvalue weighted by atomic mass is 16.5. The molecule has 0 bridgehead atoms. The van der Waals surface area contributed by atoms with Crippen molar-refractivity contribution in [2.75, 3.05) is 19.8 Å². The third-order valence-corrected chi connectivity index (χ3v) is 5.47. The summed E-state index contributed by atoms with van der Waals surface area (Å²) >= 11 is 0. The number of hydrogen-bond donors (Lipinski definition) is 2. The maximum absolute atomic E-state index is 13.3. The molecule has 33 heavy (non-hydrogen) atoms. The molecule has 3 N–H and O–H groups in total. The Hall–Kier alpha value is -2.88. The van der Waals surface area contributed by atoms with E-state index in [1.807, 2.05) is 6.92 Å². The fraction of sp³-hybridized carbons (Fsp3) is 0.652. The second-order valence-corrected chi connectivity index (χ2v) is 8.13. The number of fused-ring (bicyclic) bond motifs is 1. The van der Waals surface area contributed by atoms with Crippen LogP contribution in [-0.4, -0.2) is 45.2 Å². The topological polar surface area (TPSA) is 129 Å². The summed E-state index contributed by atoms with van der Waals surface area (Å²) in [5.41, 5.74) is 5.78. The number of aromatic nitrogens is 3. The highest BCUT2D eigenvalue weighted by molar-refractivity contribution is 5.92. The molecule has 0 aliphatic heterocycles. The SMILES string of the molecule is CCCCOCCn1c(=O)n2c(C(=O)NCCC(N)=O)cc(CCC)c(CCCC)n2c1=O. The summed E-state index contributed by atoms with van der Waals surface area (Å²) in [7, 11) is 0. The molecule has 2 heterocycles. The highest BCUT2D eigenvalue weighted by Gasteiger charge is 2.23. The van der Waals surface area contributed by atoms with E-state index < -0.39 is 23.2 Å². The van der Waals surface area contributed by atoms with E-state index >= 15 is 0 Å². The minimum absolute atomic E-state index is 0.0176. The van der Waals surface area contributed by atoms with Gasteiger partial charge in [-0.15, -0.1) is 0 Å². The Morgan fingerprint density at radius 3 is 2.30 bits per heavy atom. The highest BCUT2D eigenvalue weighted by Crippen LogP contribution is 2.15. The number of primary amides is 1. The standard InChI is InChI=1S/C23H37N5O5/c1-4-7-10-18-17(9-6-3)16-19(21(30)25-12-11-20(24)29)28-23(32)26(22(31)27(18)28)13-15-33-14-8-5-2/h16H,4-15H2,1-3H3,(H2,24,29)(H,25,30). The predicted molar refractivity (Wildman–Crippen MR) is 126 cm³/mol. The van der Waals surface area contributed by atoms with E-state index in [0.29, 0.717) is 19.4 Å². The van der Waals surface area contributed by atoms with Crippen LogP contribution < -0.4 is 22.4 Å². The van der Waals surface area contributed by atoms with Gasteiger partial charge in [-0.25, -0.2) is 14.2 Å². The van der Waals surface area contributed by atoms with E-state index in [0.717, 1.165) is 52.4 Å². The molecule has 0 unspecified atom stereocenters. The number of carbonyl (C=O) groups excluding carboxylic acids is 2. The lowest BCUT2D eigenvalue weighted by molar-refractivity contribution is -0.117. The Kier molecular flexibility index (Phi) is 10.4. The third kappa shape index (κ3) is 6.56. The first-order chi connectivity index (χ1) is 15.9. The number of nitrogens with two attached hydrogens (primary N) is 1. The summed E-state index contributed by atoms with van der Waals surface area (Å²) in [6.07, 6.45) is 5.77. The predicted octanol–water partition coefficient (Wildman–Crippen LogP) is 1.28. The van der Waals surface area contributed by atoms with Crippen LogP contribution in [0.4, 0.5) is 0 Å². The number of amides is 2. The first-order valence-corrected chi connectivity index (χ1v) is 11.9. The number of unbranched alkanes of at least 4 members (excludes halogenated alkanes) is 2. The van der Waals surface area contributed by atoms with Gasteiger partial charge in [0.05, 0.1) is 13.2 Å². The second kappa shape index (κ2) is 13.0. The van der Waals surface area contributed by atoms with Gasteiger partial charge in [0, 0.05) is 25.3 Å². The van der Waals surface area contributed by atoms with Gasteiger partial charge in [-0.3, -0.25) is 9.59 Å². The van der Waals surface area contributed by atoms with E-state index in [1.165, 1.54) is 4.52 Å². The monoisotopic (exact) mass is 463 g/mol. The van der Waals surface area contributed by atoms with Gasteiger partial charge in [0.15, 0.2) is 0 Å². The molecule has 0 saturated heterocycles. The lowest BCUT2D eigenvalue weighted by Gasteiger charge is -2.15. The summed E-state index contributed by atoms with van der Waals surface area (Å²) in [6, 6.07) is 1.69. The Balaban J connectivity index is 2.60. The minimum atomic E-state index is -0.583. The van der Waals surface area contributed by atoms with E-state index in [9.17, 15) is 19.2 Å². The Labute approximate surface area is 193 Å². The molecular weight excluding hydrogens is 426 g/mol. The van der Waals surface area contributed by atoms with Crippen LogP contribution in [-0.2, 0) is 28.9 Å². The van der Waals surface area contributed by atoms with Crippen LogP contribution in [0.3, 0.4) is 0 Å². The minimum Gasteiger partial charge on any atom is -0.380 e. The zero-order valence-corrected chi connectivity index (χ0v) is 20.0. The fourth-order valence-corrected chi connectivity index (χ4v) is 3.72. The van der Waals surface area contributed by atoms with Crippen LogP contribution in [0.2, 0.25) is 0 Å². The lowest BCUT2D eigenvalue weighted by atomic mass is 10.0. The van der Waals surface area contributed by atoms with Crippen molar-refractivity contribution >= 4 is 11.8 Å². The number of ether oxygens (including phenoxy) is 1. The van der Waals surface area contributed by atoms with Gasteiger partial charge in [0.25, 0.3) is 5.91 Å². The van der Waals surface area contributed by atoms with Gasteiger partial charge in [-0.2, -0.15) is 9.03 Å². The average Bonchev–Trinajstić information content (AvgIpc) is 3.02. The number of nitrogens with zero attached hydrogens (tertiary/aromatic N) is 3. The van der Waals surface area contributed by atoms with Crippen molar-refractivity contribution < 1.29 is 14.3 Å². The van der Waals surface area contributed by atoms with Crippen LogP contribution in [0, 0.1) is 0 Å². The summed E-state index contributed by atoms with van der Waals surface area (Å²) in [6.45, 7) is 7.09. The molecule has 0 aliphatic carbocycles. The smallest absolute Gasteiger partial charge is 0.352 e. The second-order valence-electron chi connectivity index (χ2n) is 8.13. The van der Waals surface area contributed by atoms with Crippen molar-refractivity contribution in [3.05, 3.63) is 44.0 Å². The first kappa shape index (κ1) is 26.4. The van der Waals surface area contributed by atoms with Crippen LogP contribution in [0.25, 0.3) is 0 Å². The molecule has 0 aliphatic rings. The summed E-state index contributed by atoms with van der Waals surface area (Å²) in [5, 5.41) is 2.63. The van der Waals surface area contributed by atoms with Crippen molar-refractivity contribution in [3.63, 3.8) is 0 Å². The van der Waals surface area contributed by atoms with Crippen LogP contribution in [0.1, 0.15) is 81.0 Å². The molecule has 0 fully saturated rings. The molecule has 0 atom stereocenters. The summed E-state index contributed by atoms with van der Waals surface area (Å²) in [4.78, 5) is 50.6. The lowest BCUT2D eigenvalue weighted by Crippen LogP contribution is -2.34. The first-order valence-electron chi connectivity index (χ1n) is 11.9. The van der Waals surface area contributed by atoms with Crippen molar-refractivity contribution in [3.8, 4) is 0 Å². The number of aryl methyl sites for hydroxylation is 2. The fourth-order valence-electron chi connectivity index (χ4n) is 3.72. The molecule has 2 rings (SSSR count). The average molecular weight is 464 g/mol. The molecule has 2 aromatic heterocycles. The molecule has 184 valence electrons. The molecular formula is C23H37N5O5. The van der Waals surface area contributed by atoms with Gasteiger partial charge in [0.2, 0.25) is 5.91 Å². The van der Waals surface area contributed by atoms with Gasteiger partial charge >= 0.3 is 11.4 Å². The van der Waals surface area contributed by atoms with E-state index in [1.54, 1.807) is 6.07 Å². The normalized spacial score (nSPS) is 11.2.